The molecule has 0 spiro atoms. The zero-order valence-electron chi connectivity index (χ0n) is 15.4. The van der Waals surface area contributed by atoms with E-state index >= 15 is 0 Å². The van der Waals surface area contributed by atoms with Crippen molar-refractivity contribution < 1.29 is 19.4 Å². The lowest BCUT2D eigenvalue weighted by molar-refractivity contribution is 0.0997. The molecule has 148 valence electrons. The number of aliphatic hydroxyl groups is 1. The van der Waals surface area contributed by atoms with Gasteiger partial charge in [-0.3, -0.25) is 10.1 Å². The molecule has 5 N–H and O–H groups in total. The molecule has 0 saturated heterocycles. The standard InChI is InChI=1S/C17H30N4O4S/c1-2-3-4-5-9-12-25-15-13(14(18)23)16(26-21-15)20-17(24)19-10-7-6-8-11-22/h22H,2-12H2,1H3,(H2,18,23)(H2,19,20,24). The molecule has 1 aromatic rings. The van der Waals surface area contributed by atoms with Crippen molar-refractivity contribution in [1.29, 1.82) is 0 Å². The summed E-state index contributed by atoms with van der Waals surface area (Å²) in [5.74, 6) is -0.505. The van der Waals surface area contributed by atoms with Crippen molar-refractivity contribution in [3.05, 3.63) is 5.56 Å². The second-order valence-corrected chi connectivity index (χ2v) is 6.76. The van der Waals surface area contributed by atoms with Gasteiger partial charge in [0, 0.05) is 13.2 Å². The van der Waals surface area contributed by atoms with Crippen LogP contribution in [0.25, 0.3) is 0 Å². The Kier molecular flexibility index (Phi) is 11.4. The number of nitrogens with two attached hydrogens (primary N) is 1. The van der Waals surface area contributed by atoms with E-state index in [0.29, 0.717) is 19.6 Å². The molecule has 0 saturated carbocycles. The van der Waals surface area contributed by atoms with Gasteiger partial charge < -0.3 is 20.9 Å². The third kappa shape index (κ3) is 8.48. The molecule has 0 aliphatic heterocycles. The predicted molar refractivity (Wildman–Crippen MR) is 103 cm³/mol. The summed E-state index contributed by atoms with van der Waals surface area (Å²) in [5.41, 5.74) is 5.52. The van der Waals surface area contributed by atoms with Crippen molar-refractivity contribution >= 4 is 28.5 Å². The molecule has 0 aliphatic carbocycles. The summed E-state index contributed by atoms with van der Waals surface area (Å²) in [5, 5.41) is 14.3. The van der Waals surface area contributed by atoms with Crippen LogP contribution < -0.4 is 21.1 Å². The van der Waals surface area contributed by atoms with Gasteiger partial charge in [-0.25, -0.2) is 4.79 Å². The highest BCUT2D eigenvalue weighted by molar-refractivity contribution is 7.11. The highest BCUT2D eigenvalue weighted by Gasteiger charge is 2.21. The largest absolute Gasteiger partial charge is 0.476 e. The Bertz CT molecular complexity index is 551. The van der Waals surface area contributed by atoms with E-state index in [1.807, 2.05) is 0 Å². The van der Waals surface area contributed by atoms with E-state index in [-0.39, 0.29) is 23.1 Å². The Labute approximate surface area is 158 Å². The third-order valence-corrected chi connectivity index (χ3v) is 4.49. The van der Waals surface area contributed by atoms with Crippen LogP contribution in [-0.2, 0) is 0 Å². The van der Waals surface area contributed by atoms with Crippen molar-refractivity contribution in [2.75, 3.05) is 25.1 Å². The monoisotopic (exact) mass is 386 g/mol. The summed E-state index contributed by atoms with van der Waals surface area (Å²) in [4.78, 5) is 23.6. The van der Waals surface area contributed by atoms with E-state index in [2.05, 4.69) is 21.9 Å². The van der Waals surface area contributed by atoms with Gasteiger partial charge in [0.15, 0.2) is 0 Å². The number of primary amides is 1. The predicted octanol–water partition coefficient (Wildman–Crippen LogP) is 2.88. The number of hydrogen-bond donors (Lipinski definition) is 4. The minimum Gasteiger partial charge on any atom is -0.476 e. The maximum Gasteiger partial charge on any atom is 0.319 e. The molecule has 0 fully saturated rings. The Morgan fingerprint density at radius 1 is 1.15 bits per heavy atom. The van der Waals surface area contributed by atoms with Crippen molar-refractivity contribution in [3.8, 4) is 5.88 Å². The van der Waals surface area contributed by atoms with Crippen molar-refractivity contribution in [3.63, 3.8) is 0 Å². The third-order valence-electron chi connectivity index (χ3n) is 3.74. The first kappa shape index (κ1) is 22.2. The summed E-state index contributed by atoms with van der Waals surface area (Å²) >= 11 is 0.971. The molecular formula is C17H30N4O4S. The van der Waals surface area contributed by atoms with E-state index in [4.69, 9.17) is 15.6 Å². The lowest BCUT2D eigenvalue weighted by atomic mass is 10.2. The average Bonchev–Trinajstić information content (AvgIpc) is 3.00. The van der Waals surface area contributed by atoms with Gasteiger partial charge in [-0.1, -0.05) is 32.6 Å². The Balaban J connectivity index is 2.46. The van der Waals surface area contributed by atoms with Crippen molar-refractivity contribution in [1.82, 2.24) is 9.69 Å². The first-order valence-corrected chi connectivity index (χ1v) is 9.95. The number of ether oxygens (including phenoxy) is 1. The fraction of sp³-hybridized carbons (Fsp3) is 0.706. The number of aromatic nitrogens is 1. The van der Waals surface area contributed by atoms with Gasteiger partial charge in [-0.05, 0) is 37.2 Å². The number of rotatable bonds is 14. The lowest BCUT2D eigenvalue weighted by Crippen LogP contribution is -2.30. The minimum atomic E-state index is -0.682. The van der Waals surface area contributed by atoms with Gasteiger partial charge in [0.1, 0.15) is 10.6 Å². The maximum absolute atomic E-state index is 11.9. The zero-order chi connectivity index (χ0) is 19.2. The van der Waals surface area contributed by atoms with Gasteiger partial charge in [0.05, 0.1) is 6.61 Å². The number of nitrogens with one attached hydrogen (secondary N) is 2. The number of urea groups is 1. The topological polar surface area (TPSA) is 127 Å². The van der Waals surface area contributed by atoms with Crippen LogP contribution in [0.2, 0.25) is 0 Å². The van der Waals surface area contributed by atoms with Crippen LogP contribution >= 0.6 is 11.5 Å². The van der Waals surface area contributed by atoms with Gasteiger partial charge in [-0.15, -0.1) is 0 Å². The molecule has 0 aliphatic rings. The fourth-order valence-electron chi connectivity index (χ4n) is 2.31. The minimum absolute atomic E-state index is 0.110. The lowest BCUT2D eigenvalue weighted by Gasteiger charge is -2.07. The Morgan fingerprint density at radius 3 is 2.58 bits per heavy atom. The first-order chi connectivity index (χ1) is 12.6. The second-order valence-electron chi connectivity index (χ2n) is 5.98. The van der Waals surface area contributed by atoms with Crippen molar-refractivity contribution in [2.24, 2.45) is 5.73 Å². The molecule has 0 atom stereocenters. The van der Waals surface area contributed by atoms with Crippen LogP contribution in [0.4, 0.5) is 9.80 Å². The normalized spacial score (nSPS) is 10.5. The number of nitrogens with zero attached hydrogens (tertiary/aromatic N) is 1. The molecule has 3 amide bonds. The molecule has 8 nitrogen and oxygen atoms in total. The summed E-state index contributed by atoms with van der Waals surface area (Å²) in [6, 6.07) is -0.425. The van der Waals surface area contributed by atoms with E-state index in [0.717, 1.165) is 43.6 Å². The molecular weight excluding hydrogens is 356 g/mol. The summed E-state index contributed by atoms with van der Waals surface area (Å²) in [7, 11) is 0. The van der Waals surface area contributed by atoms with Crippen LogP contribution in [-0.4, -0.2) is 41.2 Å². The van der Waals surface area contributed by atoms with Crippen LogP contribution in [0.1, 0.15) is 68.6 Å². The number of carbonyl (C=O) groups is 2. The fourth-order valence-corrected chi connectivity index (χ4v) is 3.05. The molecule has 0 aromatic carbocycles. The Hall–Kier alpha value is -1.87. The number of anilines is 1. The van der Waals surface area contributed by atoms with Crippen LogP contribution in [0.5, 0.6) is 5.88 Å². The quantitative estimate of drug-likeness (QED) is 0.366. The molecule has 0 unspecified atom stereocenters. The van der Waals surface area contributed by atoms with Gasteiger partial charge >= 0.3 is 6.03 Å². The molecule has 1 heterocycles. The molecule has 9 heteroatoms. The average molecular weight is 387 g/mol. The van der Waals surface area contributed by atoms with E-state index < -0.39 is 11.9 Å². The number of unbranched alkanes of at least 4 members (excludes halogenated alkanes) is 6. The molecule has 1 aromatic heterocycles. The van der Waals surface area contributed by atoms with Crippen LogP contribution in [0.3, 0.4) is 0 Å². The summed E-state index contributed by atoms with van der Waals surface area (Å²) in [6.45, 7) is 3.25. The maximum atomic E-state index is 11.9. The molecule has 0 bridgehead atoms. The second kappa shape index (κ2) is 13.3. The number of aliphatic hydroxyl groups excluding tert-OH is 1. The zero-order valence-corrected chi connectivity index (χ0v) is 16.2. The van der Waals surface area contributed by atoms with Crippen LogP contribution in [0.15, 0.2) is 0 Å². The van der Waals surface area contributed by atoms with E-state index in [9.17, 15) is 9.59 Å². The summed E-state index contributed by atoms with van der Waals surface area (Å²) < 4.78 is 9.66. The van der Waals surface area contributed by atoms with Gasteiger partial charge in [0.25, 0.3) is 5.91 Å². The highest BCUT2D eigenvalue weighted by Crippen LogP contribution is 2.30. The number of carbonyl (C=O) groups excluding carboxylic acids is 2. The van der Waals surface area contributed by atoms with Crippen LogP contribution in [0, 0.1) is 0 Å². The summed E-state index contributed by atoms with van der Waals surface area (Å²) in [6.07, 6.45) is 7.80. The molecule has 26 heavy (non-hydrogen) atoms. The van der Waals surface area contributed by atoms with E-state index in [1.54, 1.807) is 0 Å². The van der Waals surface area contributed by atoms with E-state index in [1.165, 1.54) is 12.8 Å². The molecule has 0 radical (unpaired) electrons. The highest BCUT2D eigenvalue weighted by atomic mass is 32.1. The number of amides is 3. The molecule has 1 rings (SSSR count). The van der Waals surface area contributed by atoms with Gasteiger partial charge in [-0.2, -0.15) is 4.37 Å². The van der Waals surface area contributed by atoms with Crippen molar-refractivity contribution in [2.45, 2.75) is 58.3 Å². The Morgan fingerprint density at radius 2 is 1.88 bits per heavy atom. The van der Waals surface area contributed by atoms with Gasteiger partial charge in [0.2, 0.25) is 5.88 Å². The smallest absolute Gasteiger partial charge is 0.319 e. The first-order valence-electron chi connectivity index (χ1n) is 9.18. The SMILES string of the molecule is CCCCCCCOc1nsc(NC(=O)NCCCCCO)c1C(N)=O. The number of hydrogen-bond acceptors (Lipinski definition) is 6.